The van der Waals surface area contributed by atoms with Gasteiger partial charge in [-0.3, -0.25) is 0 Å². The molecule has 0 fully saturated rings. The highest BCUT2D eigenvalue weighted by atomic mass is 79.9. The number of alkyl halides is 3. The second-order valence-electron chi connectivity index (χ2n) is 4.04. The highest BCUT2D eigenvalue weighted by Crippen LogP contribution is 2.36. The minimum Gasteiger partial charge on any atom is -0.478 e. The van der Waals surface area contributed by atoms with Gasteiger partial charge in [-0.05, 0) is 23.8 Å². The highest BCUT2D eigenvalue weighted by molar-refractivity contribution is 9.10. The van der Waals surface area contributed by atoms with Gasteiger partial charge in [-0.1, -0.05) is 40.2 Å². The number of ether oxygens (including phenoxy) is 1. The molecule has 0 spiro atoms. The second-order valence-corrected chi connectivity index (χ2v) is 4.95. The Morgan fingerprint density at radius 2 is 1.76 bits per heavy atom. The van der Waals surface area contributed by atoms with Gasteiger partial charge in [0.05, 0.1) is 5.56 Å². The predicted molar refractivity (Wildman–Crippen MR) is 73.2 cm³/mol. The molecular formula is C14H8BrF3O3. The predicted octanol–water partition coefficient (Wildman–Crippen LogP) is 4.71. The minimum atomic E-state index is -4.85. The Kier molecular flexibility index (Phi) is 4.22. The summed E-state index contributed by atoms with van der Waals surface area (Å²) >= 11 is 3.13. The Balaban J connectivity index is 2.60. The number of aromatic carboxylic acids is 1. The lowest BCUT2D eigenvalue weighted by Crippen LogP contribution is -2.17. The smallest absolute Gasteiger partial charge is 0.478 e. The number of halogens is 4. The zero-order valence-electron chi connectivity index (χ0n) is 10.3. The number of carboxylic acid groups (broad SMARTS) is 1. The van der Waals surface area contributed by atoms with E-state index in [1.165, 1.54) is 30.3 Å². The molecule has 0 amide bonds. The van der Waals surface area contributed by atoms with Gasteiger partial charge in [0.25, 0.3) is 0 Å². The first-order chi connectivity index (χ1) is 9.78. The van der Waals surface area contributed by atoms with E-state index in [0.29, 0.717) is 4.47 Å². The summed E-state index contributed by atoms with van der Waals surface area (Å²) < 4.78 is 41.7. The third-order valence-corrected chi connectivity index (χ3v) is 3.11. The topological polar surface area (TPSA) is 46.5 Å². The molecule has 0 heterocycles. The van der Waals surface area contributed by atoms with Crippen LogP contribution in [0.4, 0.5) is 13.2 Å². The lowest BCUT2D eigenvalue weighted by molar-refractivity contribution is -0.274. The lowest BCUT2D eigenvalue weighted by atomic mass is 9.99. The van der Waals surface area contributed by atoms with Crippen LogP contribution in [0.15, 0.2) is 46.9 Å². The van der Waals surface area contributed by atoms with E-state index in [1.807, 2.05) is 0 Å². The van der Waals surface area contributed by atoms with Gasteiger partial charge in [0.1, 0.15) is 5.75 Å². The first-order valence-corrected chi connectivity index (χ1v) is 6.45. The molecule has 2 rings (SSSR count). The molecular weight excluding hydrogens is 353 g/mol. The largest absolute Gasteiger partial charge is 0.573 e. The van der Waals surface area contributed by atoms with Crippen molar-refractivity contribution in [3.05, 3.63) is 52.5 Å². The molecule has 110 valence electrons. The molecule has 0 saturated carbocycles. The van der Waals surface area contributed by atoms with Crippen molar-refractivity contribution in [2.45, 2.75) is 6.36 Å². The molecule has 0 aromatic heterocycles. The Morgan fingerprint density at radius 1 is 1.10 bits per heavy atom. The van der Waals surface area contributed by atoms with E-state index < -0.39 is 18.1 Å². The van der Waals surface area contributed by atoms with Crippen LogP contribution in [0, 0.1) is 0 Å². The summed E-state index contributed by atoms with van der Waals surface area (Å²) in [4.78, 5) is 11.3. The molecule has 7 heteroatoms. The van der Waals surface area contributed by atoms with Crippen molar-refractivity contribution in [3.63, 3.8) is 0 Å². The van der Waals surface area contributed by atoms with E-state index in [9.17, 15) is 23.1 Å². The van der Waals surface area contributed by atoms with E-state index in [-0.39, 0.29) is 16.7 Å². The molecule has 3 nitrogen and oxygen atoms in total. The fraction of sp³-hybridized carbons (Fsp3) is 0.0714. The fourth-order valence-corrected chi connectivity index (χ4v) is 2.19. The summed E-state index contributed by atoms with van der Waals surface area (Å²) in [5, 5.41) is 9.19. The molecule has 2 aromatic rings. The van der Waals surface area contributed by atoms with E-state index in [4.69, 9.17) is 0 Å². The van der Waals surface area contributed by atoms with Crippen LogP contribution < -0.4 is 4.74 Å². The minimum absolute atomic E-state index is 0.0553. The summed E-state index contributed by atoms with van der Waals surface area (Å²) in [6.45, 7) is 0. The lowest BCUT2D eigenvalue weighted by Gasteiger charge is -2.14. The summed E-state index contributed by atoms with van der Waals surface area (Å²) in [5.74, 6) is -1.69. The molecule has 0 atom stereocenters. The van der Waals surface area contributed by atoms with Crippen LogP contribution in [0.2, 0.25) is 0 Å². The quantitative estimate of drug-likeness (QED) is 0.861. The van der Waals surface area contributed by atoms with E-state index >= 15 is 0 Å². The van der Waals surface area contributed by atoms with Crippen molar-refractivity contribution >= 4 is 21.9 Å². The third-order valence-electron chi connectivity index (χ3n) is 2.61. The van der Waals surface area contributed by atoms with Crippen molar-refractivity contribution in [2.24, 2.45) is 0 Å². The molecule has 0 aliphatic carbocycles. The van der Waals surface area contributed by atoms with Gasteiger partial charge in [-0.15, -0.1) is 13.2 Å². The molecule has 0 aliphatic heterocycles. The molecule has 0 bridgehead atoms. The number of hydrogen-bond donors (Lipinski definition) is 1. The molecule has 1 N–H and O–H groups in total. The van der Waals surface area contributed by atoms with Gasteiger partial charge in [0, 0.05) is 10.0 Å². The fourth-order valence-electron chi connectivity index (χ4n) is 1.83. The maximum atomic E-state index is 12.4. The van der Waals surface area contributed by atoms with E-state index in [1.54, 1.807) is 6.07 Å². The number of benzene rings is 2. The average Bonchev–Trinajstić information content (AvgIpc) is 2.37. The number of para-hydroxylation sites is 1. The van der Waals surface area contributed by atoms with Gasteiger partial charge in [-0.2, -0.15) is 0 Å². The van der Waals surface area contributed by atoms with Crippen LogP contribution in [-0.4, -0.2) is 17.4 Å². The van der Waals surface area contributed by atoms with Gasteiger partial charge in [-0.25, -0.2) is 4.79 Å². The maximum Gasteiger partial charge on any atom is 0.573 e. The van der Waals surface area contributed by atoms with Crippen molar-refractivity contribution in [2.75, 3.05) is 0 Å². The first-order valence-electron chi connectivity index (χ1n) is 5.66. The van der Waals surface area contributed by atoms with Crippen LogP contribution in [0.5, 0.6) is 5.75 Å². The SMILES string of the molecule is O=C(O)c1cc(Br)ccc1-c1ccccc1OC(F)(F)F. The number of rotatable bonds is 3. The number of carbonyl (C=O) groups is 1. The molecule has 0 unspecified atom stereocenters. The van der Waals surface area contributed by atoms with E-state index in [0.717, 1.165) is 6.07 Å². The van der Waals surface area contributed by atoms with Crippen LogP contribution in [-0.2, 0) is 0 Å². The van der Waals surface area contributed by atoms with E-state index in [2.05, 4.69) is 20.7 Å². The Bertz CT molecular complexity index is 683. The molecule has 2 aromatic carbocycles. The third kappa shape index (κ3) is 3.75. The molecule has 0 saturated heterocycles. The average molecular weight is 361 g/mol. The van der Waals surface area contributed by atoms with Gasteiger partial charge in [0.15, 0.2) is 0 Å². The summed E-state index contributed by atoms with van der Waals surface area (Å²) in [5.41, 5.74) is 0.0767. The summed E-state index contributed by atoms with van der Waals surface area (Å²) in [7, 11) is 0. The van der Waals surface area contributed by atoms with Crippen LogP contribution >= 0.6 is 15.9 Å². The number of hydrogen-bond acceptors (Lipinski definition) is 2. The van der Waals surface area contributed by atoms with Gasteiger partial charge < -0.3 is 9.84 Å². The van der Waals surface area contributed by atoms with Crippen molar-refractivity contribution in [3.8, 4) is 16.9 Å². The van der Waals surface area contributed by atoms with Gasteiger partial charge in [0.2, 0.25) is 0 Å². The second kappa shape index (κ2) is 5.77. The zero-order valence-corrected chi connectivity index (χ0v) is 11.9. The Hall–Kier alpha value is -2.02. The van der Waals surface area contributed by atoms with Crippen LogP contribution in [0.25, 0.3) is 11.1 Å². The summed E-state index contributed by atoms with van der Waals surface area (Å²) in [6, 6.07) is 9.68. The molecule has 21 heavy (non-hydrogen) atoms. The standard InChI is InChI=1S/C14H8BrF3O3/c15-8-5-6-9(11(7-8)13(19)20)10-3-1-2-4-12(10)21-14(16,17)18/h1-7H,(H,19,20). The zero-order chi connectivity index (χ0) is 15.6. The van der Waals surface area contributed by atoms with Crippen molar-refractivity contribution in [1.29, 1.82) is 0 Å². The van der Waals surface area contributed by atoms with Crippen molar-refractivity contribution < 1.29 is 27.8 Å². The Morgan fingerprint density at radius 3 is 2.38 bits per heavy atom. The van der Waals surface area contributed by atoms with Crippen LogP contribution in [0.1, 0.15) is 10.4 Å². The Labute approximate surface area is 126 Å². The summed E-state index contributed by atoms with van der Waals surface area (Å²) in [6.07, 6.45) is -4.85. The molecule has 0 aliphatic rings. The highest BCUT2D eigenvalue weighted by Gasteiger charge is 2.32. The van der Waals surface area contributed by atoms with Crippen LogP contribution in [0.3, 0.4) is 0 Å². The van der Waals surface area contributed by atoms with Gasteiger partial charge >= 0.3 is 12.3 Å². The number of carboxylic acids is 1. The monoisotopic (exact) mass is 360 g/mol. The molecule has 0 radical (unpaired) electrons. The van der Waals surface area contributed by atoms with Crippen molar-refractivity contribution in [1.82, 2.24) is 0 Å². The normalized spacial score (nSPS) is 11.2. The maximum absolute atomic E-state index is 12.4. The first kappa shape index (κ1) is 15.4.